The Hall–Kier alpha value is -0.500. The number of amides is 1. The highest BCUT2D eigenvalue weighted by atomic mass is 35.5. The molecule has 0 saturated heterocycles. The van der Waals surface area contributed by atoms with Crippen LogP contribution in [0.1, 0.15) is 6.42 Å². The highest BCUT2D eigenvalue weighted by molar-refractivity contribution is 6.31. The SMILES string of the molecule is O=C1CC(Cl)=CN1. The van der Waals surface area contributed by atoms with E-state index in [1.807, 2.05) is 0 Å². The second-order valence-electron chi connectivity index (χ2n) is 1.34. The molecule has 0 saturated carbocycles. The molecule has 0 spiro atoms. The summed E-state index contributed by atoms with van der Waals surface area (Å²) in [6.07, 6.45) is 1.85. The normalized spacial score (nSPS) is 19.0. The van der Waals surface area contributed by atoms with Gasteiger partial charge in [0.05, 0.1) is 6.42 Å². The molecule has 3 heteroatoms. The maximum Gasteiger partial charge on any atom is 0.229 e. The van der Waals surface area contributed by atoms with E-state index in [1.54, 1.807) is 0 Å². The molecule has 7 heavy (non-hydrogen) atoms. The minimum absolute atomic E-state index is 0.0231. The Bertz CT molecular complexity index is 130. The number of carbonyl (C=O) groups excluding carboxylic acids is 1. The lowest BCUT2D eigenvalue weighted by Crippen LogP contribution is -2.08. The van der Waals surface area contributed by atoms with Crippen molar-refractivity contribution in [2.75, 3.05) is 0 Å². The van der Waals surface area contributed by atoms with Crippen LogP contribution in [0.5, 0.6) is 0 Å². The maximum atomic E-state index is 10.2. The summed E-state index contributed by atoms with van der Waals surface area (Å²) < 4.78 is 0. The van der Waals surface area contributed by atoms with Crippen molar-refractivity contribution in [3.63, 3.8) is 0 Å². The number of hydrogen-bond donors (Lipinski definition) is 1. The van der Waals surface area contributed by atoms with Crippen LogP contribution in [0.2, 0.25) is 0 Å². The van der Waals surface area contributed by atoms with Crippen molar-refractivity contribution < 1.29 is 4.79 Å². The lowest BCUT2D eigenvalue weighted by molar-refractivity contribution is -0.118. The van der Waals surface area contributed by atoms with Gasteiger partial charge in [0.2, 0.25) is 5.91 Å². The molecular formula is C4H4ClNO. The van der Waals surface area contributed by atoms with Gasteiger partial charge in [-0.05, 0) is 0 Å². The molecule has 38 valence electrons. The molecule has 0 aromatic carbocycles. The van der Waals surface area contributed by atoms with E-state index in [0.29, 0.717) is 11.5 Å². The maximum absolute atomic E-state index is 10.2. The van der Waals surface area contributed by atoms with E-state index in [9.17, 15) is 4.79 Å². The van der Waals surface area contributed by atoms with E-state index in [1.165, 1.54) is 6.20 Å². The molecule has 1 amide bonds. The van der Waals surface area contributed by atoms with E-state index < -0.39 is 0 Å². The van der Waals surface area contributed by atoms with Crippen molar-refractivity contribution in [2.24, 2.45) is 0 Å². The molecule has 1 N–H and O–H groups in total. The number of halogens is 1. The predicted molar refractivity (Wildman–Crippen MR) is 26.7 cm³/mol. The lowest BCUT2D eigenvalue weighted by Gasteiger charge is -1.79. The molecule has 1 rings (SSSR count). The zero-order valence-electron chi connectivity index (χ0n) is 3.57. The average molecular weight is 118 g/mol. The van der Waals surface area contributed by atoms with Crippen LogP contribution in [0.4, 0.5) is 0 Å². The van der Waals surface area contributed by atoms with Gasteiger partial charge < -0.3 is 5.32 Å². The van der Waals surface area contributed by atoms with Gasteiger partial charge in [-0.1, -0.05) is 11.6 Å². The minimum Gasteiger partial charge on any atom is -0.331 e. The first-order valence-corrected chi connectivity index (χ1v) is 2.31. The van der Waals surface area contributed by atoms with Crippen LogP contribution in [0.15, 0.2) is 11.2 Å². The second-order valence-corrected chi connectivity index (χ2v) is 1.82. The second kappa shape index (κ2) is 1.54. The number of hydrogen-bond acceptors (Lipinski definition) is 1. The standard InChI is InChI=1S/C4H4ClNO/c5-3-1-4(7)6-2-3/h2H,1H2,(H,6,7). The smallest absolute Gasteiger partial charge is 0.229 e. The third-order valence-electron chi connectivity index (χ3n) is 0.719. The van der Waals surface area contributed by atoms with Crippen LogP contribution in [0.25, 0.3) is 0 Å². The Morgan fingerprint density at radius 1 is 1.86 bits per heavy atom. The predicted octanol–water partition coefficient (Wildman–Crippen LogP) is 0.587. The third kappa shape index (κ3) is 0.933. The van der Waals surface area contributed by atoms with Crippen molar-refractivity contribution in [1.82, 2.24) is 5.32 Å². The summed E-state index contributed by atoms with van der Waals surface area (Å²) in [6.45, 7) is 0. The van der Waals surface area contributed by atoms with Gasteiger partial charge in [-0.2, -0.15) is 0 Å². The average Bonchev–Trinajstić information content (AvgIpc) is 1.87. The van der Waals surface area contributed by atoms with Gasteiger partial charge in [0, 0.05) is 11.2 Å². The Morgan fingerprint density at radius 3 is 2.71 bits per heavy atom. The molecular weight excluding hydrogens is 114 g/mol. The largest absolute Gasteiger partial charge is 0.331 e. The fourth-order valence-electron chi connectivity index (χ4n) is 0.414. The highest BCUT2D eigenvalue weighted by Gasteiger charge is 2.07. The zero-order chi connectivity index (χ0) is 5.28. The van der Waals surface area contributed by atoms with Crippen molar-refractivity contribution in [3.8, 4) is 0 Å². The molecule has 0 unspecified atom stereocenters. The number of rotatable bonds is 0. The van der Waals surface area contributed by atoms with Crippen LogP contribution in [0.3, 0.4) is 0 Å². The van der Waals surface area contributed by atoms with Gasteiger partial charge in [-0.15, -0.1) is 0 Å². The molecule has 1 heterocycles. The minimum atomic E-state index is -0.0231. The van der Waals surface area contributed by atoms with Crippen molar-refractivity contribution in [3.05, 3.63) is 11.2 Å². The van der Waals surface area contributed by atoms with Crippen LogP contribution in [-0.2, 0) is 4.79 Å². The van der Waals surface area contributed by atoms with Gasteiger partial charge in [0.1, 0.15) is 0 Å². The highest BCUT2D eigenvalue weighted by Crippen LogP contribution is 2.09. The third-order valence-corrected chi connectivity index (χ3v) is 0.962. The van der Waals surface area contributed by atoms with E-state index in [2.05, 4.69) is 5.32 Å². The van der Waals surface area contributed by atoms with E-state index in [0.717, 1.165) is 0 Å². The summed E-state index contributed by atoms with van der Waals surface area (Å²) in [5, 5.41) is 3.02. The van der Waals surface area contributed by atoms with Gasteiger partial charge in [-0.3, -0.25) is 4.79 Å². The molecule has 0 aliphatic carbocycles. The fourth-order valence-corrected chi connectivity index (χ4v) is 0.590. The van der Waals surface area contributed by atoms with Crippen LogP contribution in [0, 0.1) is 0 Å². The van der Waals surface area contributed by atoms with E-state index >= 15 is 0 Å². The first-order chi connectivity index (χ1) is 3.29. The first-order valence-electron chi connectivity index (χ1n) is 1.93. The molecule has 0 fully saturated rings. The van der Waals surface area contributed by atoms with Crippen molar-refractivity contribution in [1.29, 1.82) is 0 Å². The summed E-state index contributed by atoms with van der Waals surface area (Å²) in [6, 6.07) is 0. The molecule has 0 bridgehead atoms. The first kappa shape index (κ1) is 4.65. The summed E-state index contributed by atoms with van der Waals surface area (Å²) >= 11 is 5.38. The van der Waals surface area contributed by atoms with E-state index in [-0.39, 0.29) is 5.91 Å². The lowest BCUT2D eigenvalue weighted by atomic mass is 10.5. The van der Waals surface area contributed by atoms with Crippen LogP contribution in [-0.4, -0.2) is 5.91 Å². The molecule has 0 aromatic rings. The van der Waals surface area contributed by atoms with Crippen molar-refractivity contribution in [2.45, 2.75) is 6.42 Å². The Kier molecular flexibility index (Phi) is 1.02. The van der Waals surface area contributed by atoms with Crippen LogP contribution >= 0.6 is 11.6 Å². The molecule has 0 aromatic heterocycles. The molecule has 1 aliphatic heterocycles. The zero-order valence-corrected chi connectivity index (χ0v) is 4.33. The van der Waals surface area contributed by atoms with Crippen molar-refractivity contribution >= 4 is 17.5 Å². The van der Waals surface area contributed by atoms with Gasteiger partial charge >= 0.3 is 0 Å². The quantitative estimate of drug-likeness (QED) is 0.494. The monoisotopic (exact) mass is 117 g/mol. The Morgan fingerprint density at radius 2 is 2.57 bits per heavy atom. The number of nitrogens with one attached hydrogen (secondary N) is 1. The number of carbonyl (C=O) groups is 1. The molecule has 0 radical (unpaired) electrons. The van der Waals surface area contributed by atoms with E-state index in [4.69, 9.17) is 11.6 Å². The van der Waals surface area contributed by atoms with Gasteiger partial charge in [0.25, 0.3) is 0 Å². The summed E-state index contributed by atoms with van der Waals surface area (Å²) in [5.41, 5.74) is 0. The van der Waals surface area contributed by atoms with Gasteiger partial charge in [0.15, 0.2) is 0 Å². The summed E-state index contributed by atoms with van der Waals surface area (Å²) in [4.78, 5) is 10.2. The Labute approximate surface area is 46.2 Å². The summed E-state index contributed by atoms with van der Waals surface area (Å²) in [7, 11) is 0. The molecule has 2 nitrogen and oxygen atoms in total. The Balaban J connectivity index is 2.58. The topological polar surface area (TPSA) is 29.1 Å². The fraction of sp³-hybridized carbons (Fsp3) is 0.250. The summed E-state index contributed by atoms with van der Waals surface area (Å²) in [5.74, 6) is -0.0231. The molecule has 1 aliphatic rings. The van der Waals surface area contributed by atoms with Crippen LogP contribution < -0.4 is 5.32 Å². The van der Waals surface area contributed by atoms with Gasteiger partial charge in [-0.25, -0.2) is 0 Å². The molecule has 0 atom stereocenters.